The van der Waals surface area contributed by atoms with E-state index in [4.69, 9.17) is 5.11 Å². The maximum absolute atomic E-state index is 11.2. The highest BCUT2D eigenvalue weighted by molar-refractivity contribution is 5.70. The third-order valence-electron chi connectivity index (χ3n) is 3.88. The number of nitro groups is 1. The second-order valence-electron chi connectivity index (χ2n) is 5.67. The van der Waals surface area contributed by atoms with Gasteiger partial charge in [0.1, 0.15) is 0 Å². The Morgan fingerprint density at radius 3 is 2.71 bits per heavy atom. The number of hydrogen-bond donors (Lipinski definition) is 2. The summed E-state index contributed by atoms with van der Waals surface area (Å²) in [4.78, 5) is 25.9. The largest absolute Gasteiger partial charge is 0.481 e. The number of aryl methyl sites for hydroxylation is 1. The molecule has 0 spiro atoms. The Kier molecular flexibility index (Phi) is 4.40. The molecule has 1 aromatic rings. The maximum Gasteiger partial charge on any atom is 0.311 e. The highest BCUT2D eigenvalue weighted by Gasteiger charge is 2.36. The molecule has 0 bridgehead atoms. The van der Waals surface area contributed by atoms with Gasteiger partial charge >= 0.3 is 11.7 Å². The first-order valence-electron chi connectivity index (χ1n) is 7.03. The molecule has 2 rings (SSSR count). The van der Waals surface area contributed by atoms with Crippen molar-refractivity contribution in [2.24, 2.45) is 0 Å². The SMILES string of the molecule is Cc1cnc(NC2(CC(=O)O)CCCCC2)c([N+](=O)[O-])c1. The third kappa shape index (κ3) is 3.68. The van der Waals surface area contributed by atoms with Crippen LogP contribution in [0.2, 0.25) is 0 Å². The fourth-order valence-electron chi connectivity index (χ4n) is 2.90. The number of carboxylic acid groups (broad SMARTS) is 1. The molecule has 7 nitrogen and oxygen atoms in total. The van der Waals surface area contributed by atoms with E-state index in [9.17, 15) is 14.9 Å². The minimum atomic E-state index is -0.904. The molecule has 1 aliphatic carbocycles. The lowest BCUT2D eigenvalue weighted by Gasteiger charge is -2.37. The standard InChI is InChI=1S/C14H19N3O4/c1-10-7-11(17(20)21)13(15-9-10)16-14(8-12(18)19)5-3-2-4-6-14/h7,9H,2-6,8H2,1H3,(H,15,16)(H,18,19). The van der Waals surface area contributed by atoms with Gasteiger partial charge in [-0.05, 0) is 25.3 Å². The first-order valence-corrected chi connectivity index (χ1v) is 7.03. The highest BCUT2D eigenvalue weighted by Crippen LogP contribution is 2.36. The molecule has 1 fully saturated rings. The molecule has 0 amide bonds. The molecular formula is C14H19N3O4. The van der Waals surface area contributed by atoms with Gasteiger partial charge in [-0.15, -0.1) is 0 Å². The summed E-state index contributed by atoms with van der Waals surface area (Å²) in [5.41, 5.74) is -0.0505. The summed E-state index contributed by atoms with van der Waals surface area (Å²) in [6.45, 7) is 1.73. The number of carbonyl (C=O) groups is 1. The normalized spacial score (nSPS) is 17.2. The second-order valence-corrected chi connectivity index (χ2v) is 5.67. The van der Waals surface area contributed by atoms with Crippen LogP contribution >= 0.6 is 0 Å². The van der Waals surface area contributed by atoms with Crippen LogP contribution < -0.4 is 5.32 Å². The Morgan fingerprint density at radius 1 is 1.48 bits per heavy atom. The molecule has 1 heterocycles. The van der Waals surface area contributed by atoms with E-state index in [1.807, 2.05) is 0 Å². The average Bonchev–Trinajstić information content (AvgIpc) is 2.40. The van der Waals surface area contributed by atoms with E-state index >= 15 is 0 Å². The molecule has 1 aliphatic rings. The lowest BCUT2D eigenvalue weighted by Crippen LogP contribution is -2.42. The average molecular weight is 293 g/mol. The summed E-state index contributed by atoms with van der Waals surface area (Å²) in [5, 5.41) is 23.4. The maximum atomic E-state index is 11.2. The quantitative estimate of drug-likeness (QED) is 0.638. The molecule has 7 heteroatoms. The summed E-state index contributed by atoms with van der Waals surface area (Å²) in [6, 6.07) is 1.45. The molecule has 1 aromatic heterocycles. The topological polar surface area (TPSA) is 105 Å². The molecule has 1 saturated carbocycles. The third-order valence-corrected chi connectivity index (χ3v) is 3.88. The van der Waals surface area contributed by atoms with Crippen LogP contribution in [0.25, 0.3) is 0 Å². The molecule has 0 atom stereocenters. The van der Waals surface area contributed by atoms with Crippen LogP contribution in [0.1, 0.15) is 44.1 Å². The first-order chi connectivity index (χ1) is 9.92. The molecule has 114 valence electrons. The fourth-order valence-corrected chi connectivity index (χ4v) is 2.90. The number of hydrogen-bond acceptors (Lipinski definition) is 5. The van der Waals surface area contributed by atoms with E-state index < -0.39 is 16.4 Å². The minimum absolute atomic E-state index is 0.0558. The van der Waals surface area contributed by atoms with Gasteiger partial charge in [0, 0.05) is 17.8 Å². The van der Waals surface area contributed by atoms with Gasteiger partial charge in [0.15, 0.2) is 0 Å². The molecule has 0 unspecified atom stereocenters. The van der Waals surface area contributed by atoms with Crippen molar-refractivity contribution in [1.82, 2.24) is 4.98 Å². The summed E-state index contributed by atoms with van der Waals surface area (Å²) in [7, 11) is 0. The van der Waals surface area contributed by atoms with Crippen molar-refractivity contribution < 1.29 is 14.8 Å². The van der Waals surface area contributed by atoms with Gasteiger partial charge in [-0.1, -0.05) is 19.3 Å². The lowest BCUT2D eigenvalue weighted by atomic mass is 9.79. The van der Waals surface area contributed by atoms with E-state index in [1.54, 1.807) is 13.1 Å². The van der Waals surface area contributed by atoms with Gasteiger partial charge in [0.2, 0.25) is 5.82 Å². The number of carboxylic acids is 1. The predicted molar refractivity (Wildman–Crippen MR) is 77.3 cm³/mol. The van der Waals surface area contributed by atoms with Crippen LogP contribution in [0.5, 0.6) is 0 Å². The number of nitrogens with one attached hydrogen (secondary N) is 1. The number of rotatable bonds is 5. The van der Waals surface area contributed by atoms with Crippen LogP contribution in [0.4, 0.5) is 11.5 Å². The van der Waals surface area contributed by atoms with Crippen molar-refractivity contribution in [2.45, 2.75) is 51.0 Å². The molecule has 0 radical (unpaired) electrons. The Hall–Kier alpha value is -2.18. The molecule has 0 saturated heterocycles. The lowest BCUT2D eigenvalue weighted by molar-refractivity contribution is -0.384. The van der Waals surface area contributed by atoms with E-state index in [0.717, 1.165) is 19.3 Å². The Bertz CT molecular complexity index is 553. The summed E-state index contributed by atoms with van der Waals surface area (Å²) in [5.74, 6) is -0.743. The van der Waals surface area contributed by atoms with E-state index in [0.29, 0.717) is 18.4 Å². The van der Waals surface area contributed by atoms with Crippen molar-refractivity contribution in [3.05, 3.63) is 27.9 Å². The van der Waals surface area contributed by atoms with E-state index in [2.05, 4.69) is 10.3 Å². The zero-order valence-electron chi connectivity index (χ0n) is 12.0. The number of pyridine rings is 1. The number of aliphatic carboxylic acids is 1. The number of anilines is 1. The van der Waals surface area contributed by atoms with E-state index in [-0.39, 0.29) is 17.9 Å². The Balaban J connectivity index is 2.32. The first kappa shape index (κ1) is 15.2. The fraction of sp³-hybridized carbons (Fsp3) is 0.571. The van der Waals surface area contributed by atoms with Gasteiger partial charge in [-0.3, -0.25) is 14.9 Å². The summed E-state index contributed by atoms with van der Waals surface area (Å²) in [6.07, 6.45) is 5.76. The van der Waals surface area contributed by atoms with Gasteiger partial charge in [0.05, 0.1) is 11.3 Å². The van der Waals surface area contributed by atoms with Gasteiger partial charge in [-0.25, -0.2) is 4.98 Å². The van der Waals surface area contributed by atoms with Crippen molar-refractivity contribution in [2.75, 3.05) is 5.32 Å². The monoisotopic (exact) mass is 293 g/mol. The van der Waals surface area contributed by atoms with Crippen molar-refractivity contribution in [3.63, 3.8) is 0 Å². The molecule has 0 aromatic carbocycles. The molecule has 0 aliphatic heterocycles. The molecule has 21 heavy (non-hydrogen) atoms. The van der Waals surface area contributed by atoms with Gasteiger partial charge in [0.25, 0.3) is 0 Å². The smallest absolute Gasteiger partial charge is 0.311 e. The minimum Gasteiger partial charge on any atom is -0.481 e. The van der Waals surface area contributed by atoms with Crippen LogP contribution in [0.15, 0.2) is 12.3 Å². The number of aromatic nitrogens is 1. The summed E-state index contributed by atoms with van der Waals surface area (Å²) >= 11 is 0. The zero-order valence-corrected chi connectivity index (χ0v) is 12.0. The Morgan fingerprint density at radius 2 is 2.14 bits per heavy atom. The van der Waals surface area contributed by atoms with Crippen molar-refractivity contribution >= 4 is 17.5 Å². The van der Waals surface area contributed by atoms with Crippen LogP contribution in [-0.4, -0.2) is 26.5 Å². The van der Waals surface area contributed by atoms with Crippen LogP contribution in [0, 0.1) is 17.0 Å². The molecular weight excluding hydrogens is 274 g/mol. The van der Waals surface area contributed by atoms with Gasteiger partial charge < -0.3 is 10.4 Å². The predicted octanol–water partition coefficient (Wildman–Crippen LogP) is 2.89. The van der Waals surface area contributed by atoms with Crippen LogP contribution in [-0.2, 0) is 4.79 Å². The van der Waals surface area contributed by atoms with Crippen molar-refractivity contribution in [1.29, 1.82) is 0 Å². The Labute approximate surface area is 122 Å². The zero-order chi connectivity index (χ0) is 15.5. The second kappa shape index (κ2) is 6.07. The molecule has 2 N–H and O–H groups in total. The van der Waals surface area contributed by atoms with Crippen LogP contribution in [0.3, 0.4) is 0 Å². The van der Waals surface area contributed by atoms with Gasteiger partial charge in [-0.2, -0.15) is 0 Å². The van der Waals surface area contributed by atoms with E-state index in [1.165, 1.54) is 6.07 Å². The highest BCUT2D eigenvalue weighted by atomic mass is 16.6. The number of nitrogens with zero attached hydrogens (tertiary/aromatic N) is 2. The van der Waals surface area contributed by atoms with Crippen molar-refractivity contribution in [3.8, 4) is 0 Å². The summed E-state index contributed by atoms with van der Waals surface area (Å²) < 4.78 is 0.